The molecule has 1 rings (SSSR count). The Morgan fingerprint density at radius 1 is 1.21 bits per heavy atom. The Bertz CT molecular complexity index is 399. The van der Waals surface area contributed by atoms with Gasteiger partial charge in [0.05, 0.1) is 0 Å². The average molecular weight is 264 g/mol. The average Bonchev–Trinajstić information content (AvgIpc) is 1.95. The Labute approximate surface area is 114 Å². The van der Waals surface area contributed by atoms with Crippen LogP contribution in [0.15, 0.2) is 18.2 Å². The SMILES string of the molecule is O=S(=O)(O)Cc1c(Cl)cccc1Cl.[Na]. The maximum Gasteiger partial charge on any atom is 0.269 e. The predicted octanol–water partition coefficient (Wildman–Crippen LogP) is 2.00. The van der Waals surface area contributed by atoms with E-state index < -0.39 is 15.9 Å². The quantitative estimate of drug-likeness (QED) is 0.656. The summed E-state index contributed by atoms with van der Waals surface area (Å²) in [7, 11) is -4.09. The molecule has 0 aliphatic heterocycles. The van der Waals surface area contributed by atoms with Crippen molar-refractivity contribution in [2.24, 2.45) is 0 Å². The van der Waals surface area contributed by atoms with Crippen LogP contribution in [-0.2, 0) is 15.9 Å². The van der Waals surface area contributed by atoms with E-state index in [2.05, 4.69) is 0 Å². The van der Waals surface area contributed by atoms with Crippen molar-refractivity contribution in [3.05, 3.63) is 33.8 Å². The number of hydrogen-bond acceptors (Lipinski definition) is 2. The van der Waals surface area contributed by atoms with Crippen molar-refractivity contribution in [2.75, 3.05) is 0 Å². The molecule has 0 bridgehead atoms. The van der Waals surface area contributed by atoms with Crippen LogP contribution in [0.1, 0.15) is 5.56 Å². The molecule has 1 N–H and O–H groups in total. The standard InChI is InChI=1S/C7H6Cl2O3S.Na/c8-6-2-1-3-7(9)5(6)4-13(10,11)12;/h1-3H,4H2,(H,10,11,12);. The molecule has 7 heteroatoms. The minimum absolute atomic E-state index is 0. The van der Waals surface area contributed by atoms with Gasteiger partial charge in [-0.05, 0) is 12.1 Å². The molecule has 1 aromatic carbocycles. The van der Waals surface area contributed by atoms with E-state index in [9.17, 15) is 8.42 Å². The second kappa shape index (κ2) is 5.70. The van der Waals surface area contributed by atoms with Crippen LogP contribution < -0.4 is 0 Å². The van der Waals surface area contributed by atoms with E-state index in [0.29, 0.717) is 0 Å². The van der Waals surface area contributed by atoms with Crippen LogP contribution in [0.25, 0.3) is 0 Å². The van der Waals surface area contributed by atoms with Crippen molar-refractivity contribution in [1.82, 2.24) is 0 Å². The first kappa shape index (κ1) is 14.7. The zero-order valence-electron chi connectivity index (χ0n) is 7.37. The van der Waals surface area contributed by atoms with Crippen molar-refractivity contribution in [1.29, 1.82) is 0 Å². The number of rotatable bonds is 2. The summed E-state index contributed by atoms with van der Waals surface area (Å²) in [6.45, 7) is 0. The van der Waals surface area contributed by atoms with Gasteiger partial charge in [0.15, 0.2) is 0 Å². The molecule has 3 nitrogen and oxygen atoms in total. The third kappa shape index (κ3) is 4.49. The van der Waals surface area contributed by atoms with Gasteiger partial charge in [-0.3, -0.25) is 4.55 Å². The summed E-state index contributed by atoms with van der Waals surface area (Å²) in [6, 6.07) is 4.61. The van der Waals surface area contributed by atoms with Gasteiger partial charge >= 0.3 is 0 Å². The molecular weight excluding hydrogens is 258 g/mol. The van der Waals surface area contributed by atoms with E-state index in [1.807, 2.05) is 0 Å². The second-order valence-corrected chi connectivity index (χ2v) is 4.69. The molecule has 0 aliphatic carbocycles. The van der Waals surface area contributed by atoms with Gasteiger partial charge in [0, 0.05) is 45.2 Å². The first-order valence-electron chi connectivity index (χ1n) is 3.28. The number of benzene rings is 1. The summed E-state index contributed by atoms with van der Waals surface area (Å²) in [4.78, 5) is 0. The Balaban J connectivity index is 0.00000169. The third-order valence-electron chi connectivity index (χ3n) is 1.39. The molecule has 0 aliphatic rings. The summed E-state index contributed by atoms with van der Waals surface area (Å²) in [5, 5.41) is 0.454. The van der Waals surface area contributed by atoms with Crippen molar-refractivity contribution in [2.45, 2.75) is 5.75 Å². The van der Waals surface area contributed by atoms with E-state index in [4.69, 9.17) is 27.8 Å². The van der Waals surface area contributed by atoms with E-state index in [-0.39, 0.29) is 45.2 Å². The molecule has 0 saturated carbocycles. The Hall–Kier alpha value is 0.710. The molecule has 0 amide bonds. The first-order chi connectivity index (χ1) is 5.90. The fourth-order valence-corrected chi connectivity index (χ4v) is 2.22. The normalized spacial score (nSPS) is 10.8. The van der Waals surface area contributed by atoms with Crippen molar-refractivity contribution in [3.8, 4) is 0 Å². The van der Waals surface area contributed by atoms with Gasteiger partial charge in [-0.15, -0.1) is 0 Å². The Kier molecular flexibility index (Phi) is 5.99. The summed E-state index contributed by atoms with van der Waals surface area (Å²) >= 11 is 11.4. The van der Waals surface area contributed by atoms with Crippen LogP contribution >= 0.6 is 23.2 Å². The van der Waals surface area contributed by atoms with Crippen molar-refractivity contribution in [3.63, 3.8) is 0 Å². The minimum Gasteiger partial charge on any atom is -0.285 e. The molecule has 0 spiro atoms. The monoisotopic (exact) mass is 263 g/mol. The Morgan fingerprint density at radius 3 is 2.00 bits per heavy atom. The Morgan fingerprint density at radius 2 is 1.64 bits per heavy atom. The van der Waals surface area contributed by atoms with Crippen LogP contribution in [-0.4, -0.2) is 42.5 Å². The smallest absolute Gasteiger partial charge is 0.269 e. The van der Waals surface area contributed by atoms with E-state index >= 15 is 0 Å². The van der Waals surface area contributed by atoms with E-state index in [0.717, 1.165) is 0 Å². The van der Waals surface area contributed by atoms with Crippen molar-refractivity contribution < 1.29 is 13.0 Å². The topological polar surface area (TPSA) is 54.4 Å². The fraction of sp³-hybridized carbons (Fsp3) is 0.143. The largest absolute Gasteiger partial charge is 0.285 e. The van der Waals surface area contributed by atoms with Crippen molar-refractivity contribution >= 4 is 62.9 Å². The molecule has 0 aromatic heterocycles. The van der Waals surface area contributed by atoms with Gasteiger partial charge in [-0.25, -0.2) is 0 Å². The van der Waals surface area contributed by atoms with Gasteiger partial charge in [0.2, 0.25) is 0 Å². The molecule has 0 saturated heterocycles. The maximum atomic E-state index is 10.5. The minimum atomic E-state index is -4.09. The molecule has 0 heterocycles. The molecule has 14 heavy (non-hydrogen) atoms. The zero-order valence-corrected chi connectivity index (χ0v) is 11.7. The molecule has 0 unspecified atom stereocenters. The van der Waals surface area contributed by atoms with Crippen LogP contribution in [0.2, 0.25) is 10.0 Å². The molecule has 0 fully saturated rings. The van der Waals surface area contributed by atoms with Crippen LogP contribution in [0.3, 0.4) is 0 Å². The summed E-state index contributed by atoms with van der Waals surface area (Å²) in [6.07, 6.45) is 0. The number of hydrogen-bond donors (Lipinski definition) is 1. The van der Waals surface area contributed by atoms with Gasteiger partial charge in [0.1, 0.15) is 5.75 Å². The first-order valence-corrected chi connectivity index (χ1v) is 5.65. The number of halogens is 2. The van der Waals surface area contributed by atoms with Gasteiger partial charge in [0.25, 0.3) is 10.1 Å². The van der Waals surface area contributed by atoms with Crippen LogP contribution in [0.5, 0.6) is 0 Å². The van der Waals surface area contributed by atoms with Gasteiger partial charge < -0.3 is 0 Å². The predicted molar refractivity (Wildman–Crippen MR) is 57.5 cm³/mol. The molecule has 1 aromatic rings. The van der Waals surface area contributed by atoms with Crippen LogP contribution in [0.4, 0.5) is 0 Å². The van der Waals surface area contributed by atoms with Gasteiger partial charge in [-0.1, -0.05) is 29.3 Å². The molecule has 73 valence electrons. The van der Waals surface area contributed by atoms with E-state index in [1.54, 1.807) is 6.07 Å². The van der Waals surface area contributed by atoms with E-state index in [1.165, 1.54) is 12.1 Å². The van der Waals surface area contributed by atoms with Gasteiger partial charge in [-0.2, -0.15) is 8.42 Å². The maximum absolute atomic E-state index is 10.5. The third-order valence-corrected chi connectivity index (χ3v) is 2.75. The summed E-state index contributed by atoms with van der Waals surface area (Å²) in [5.41, 5.74) is 0.216. The molecule has 1 radical (unpaired) electrons. The fourth-order valence-electron chi connectivity index (χ4n) is 0.853. The molecular formula is C7H6Cl2NaO3S. The van der Waals surface area contributed by atoms with Crippen LogP contribution in [0, 0.1) is 0 Å². The zero-order chi connectivity index (χ0) is 10.1. The summed E-state index contributed by atoms with van der Waals surface area (Å²) in [5.74, 6) is -0.564. The second-order valence-electron chi connectivity index (χ2n) is 2.43. The summed E-state index contributed by atoms with van der Waals surface area (Å²) < 4.78 is 29.7. The molecule has 0 atom stereocenters.